The van der Waals surface area contributed by atoms with Crippen LogP contribution in [0.15, 0.2) is 24.3 Å². The van der Waals surface area contributed by atoms with E-state index in [2.05, 4.69) is 10.4 Å². The highest BCUT2D eigenvalue weighted by atomic mass is 35.5. The van der Waals surface area contributed by atoms with Gasteiger partial charge in [0.2, 0.25) is 5.91 Å². The Balaban J connectivity index is 1.73. The molecule has 0 fully saturated rings. The summed E-state index contributed by atoms with van der Waals surface area (Å²) in [6.07, 6.45) is 0.665. The number of aromatic nitrogens is 2. The zero-order valence-corrected chi connectivity index (χ0v) is 15.5. The van der Waals surface area contributed by atoms with E-state index >= 15 is 0 Å². The lowest BCUT2D eigenvalue weighted by Crippen LogP contribution is -2.39. The molecule has 0 radical (unpaired) electrons. The van der Waals surface area contributed by atoms with Gasteiger partial charge in [-0.1, -0.05) is 23.7 Å². The highest BCUT2D eigenvalue weighted by molar-refractivity contribution is 6.30. The van der Waals surface area contributed by atoms with Crippen molar-refractivity contribution in [2.45, 2.75) is 19.5 Å². The van der Waals surface area contributed by atoms with Crippen LogP contribution in [0.4, 0.5) is 0 Å². The van der Waals surface area contributed by atoms with Gasteiger partial charge in [-0.3, -0.25) is 14.3 Å². The number of hydrogen-bond donors (Lipinski definition) is 1. The molecule has 1 aliphatic rings. The lowest BCUT2D eigenvalue weighted by molar-refractivity contribution is -0.136. The molecule has 0 aliphatic carbocycles. The van der Waals surface area contributed by atoms with Gasteiger partial charge in [0, 0.05) is 56.5 Å². The number of carbonyl (C=O) groups is 2. The fourth-order valence-electron chi connectivity index (χ4n) is 3.07. The van der Waals surface area contributed by atoms with E-state index in [1.54, 1.807) is 21.7 Å². The number of amides is 2. The van der Waals surface area contributed by atoms with E-state index in [0.29, 0.717) is 36.8 Å². The lowest BCUT2D eigenvalue weighted by Gasteiger charge is -2.27. The molecule has 0 unspecified atom stereocenters. The summed E-state index contributed by atoms with van der Waals surface area (Å²) in [5.41, 5.74) is 3.11. The number of methoxy groups -OCH3 is 1. The molecule has 3 rings (SSSR count). The van der Waals surface area contributed by atoms with Crippen LogP contribution in [-0.4, -0.2) is 46.8 Å². The van der Waals surface area contributed by atoms with E-state index in [1.807, 2.05) is 19.2 Å². The number of fused-ring (bicyclic) bond motifs is 1. The SMILES string of the molecule is COCC(=O)N1CCc2c(c(C(=O)NCc3ccc(Cl)cc3)nn2C)C1. The lowest BCUT2D eigenvalue weighted by atomic mass is 10.0. The van der Waals surface area contributed by atoms with Crippen molar-refractivity contribution in [3.05, 3.63) is 51.8 Å². The van der Waals surface area contributed by atoms with Crippen LogP contribution in [0.2, 0.25) is 5.02 Å². The molecule has 138 valence electrons. The maximum atomic E-state index is 12.6. The highest BCUT2D eigenvalue weighted by Crippen LogP contribution is 2.22. The van der Waals surface area contributed by atoms with Gasteiger partial charge in [-0.25, -0.2) is 0 Å². The Hall–Kier alpha value is -2.38. The monoisotopic (exact) mass is 376 g/mol. The minimum absolute atomic E-state index is 0.0354. The molecule has 8 heteroatoms. The number of hydrogen-bond acceptors (Lipinski definition) is 4. The van der Waals surface area contributed by atoms with Gasteiger partial charge < -0.3 is 15.0 Å². The van der Waals surface area contributed by atoms with Gasteiger partial charge in [-0.2, -0.15) is 5.10 Å². The summed E-state index contributed by atoms with van der Waals surface area (Å²) in [5, 5.41) is 7.91. The number of nitrogens with zero attached hydrogens (tertiary/aromatic N) is 3. The first-order valence-electron chi connectivity index (χ1n) is 8.33. The molecule has 26 heavy (non-hydrogen) atoms. The molecular formula is C18H21ClN4O3. The Labute approximate surface area is 156 Å². The van der Waals surface area contributed by atoms with Crippen molar-refractivity contribution in [2.24, 2.45) is 7.05 Å². The third-order valence-corrected chi connectivity index (χ3v) is 4.70. The maximum Gasteiger partial charge on any atom is 0.272 e. The van der Waals surface area contributed by atoms with Crippen LogP contribution in [0.3, 0.4) is 0 Å². The first-order valence-corrected chi connectivity index (χ1v) is 8.71. The summed E-state index contributed by atoms with van der Waals surface area (Å²) in [6.45, 7) is 1.39. The molecule has 7 nitrogen and oxygen atoms in total. The van der Waals surface area contributed by atoms with Crippen LogP contribution in [0.5, 0.6) is 0 Å². The third kappa shape index (κ3) is 3.89. The maximum absolute atomic E-state index is 12.6. The van der Waals surface area contributed by atoms with Crippen molar-refractivity contribution in [3.8, 4) is 0 Å². The summed E-state index contributed by atoms with van der Waals surface area (Å²) in [7, 11) is 3.31. The topological polar surface area (TPSA) is 76.5 Å². The second-order valence-corrected chi connectivity index (χ2v) is 6.64. The number of carbonyl (C=O) groups excluding carboxylic acids is 2. The van der Waals surface area contributed by atoms with Gasteiger partial charge in [-0.15, -0.1) is 0 Å². The van der Waals surface area contributed by atoms with E-state index in [1.165, 1.54) is 7.11 Å². The Morgan fingerprint density at radius 2 is 2.04 bits per heavy atom. The van der Waals surface area contributed by atoms with Gasteiger partial charge in [0.15, 0.2) is 5.69 Å². The highest BCUT2D eigenvalue weighted by Gasteiger charge is 2.29. The zero-order chi connectivity index (χ0) is 18.7. The first-order chi connectivity index (χ1) is 12.5. The Bertz CT molecular complexity index is 817. The van der Waals surface area contributed by atoms with E-state index in [9.17, 15) is 9.59 Å². The van der Waals surface area contributed by atoms with E-state index < -0.39 is 0 Å². The largest absolute Gasteiger partial charge is 0.375 e. The minimum atomic E-state index is -0.252. The molecule has 1 N–H and O–H groups in total. The van der Waals surface area contributed by atoms with Gasteiger partial charge in [0.25, 0.3) is 5.91 Å². The molecular weight excluding hydrogens is 356 g/mol. The summed E-state index contributed by atoms with van der Waals surface area (Å²) >= 11 is 5.87. The molecule has 1 aromatic heterocycles. The quantitative estimate of drug-likeness (QED) is 0.858. The molecule has 1 aliphatic heterocycles. The van der Waals surface area contributed by atoms with Crippen LogP contribution in [0.25, 0.3) is 0 Å². The predicted molar refractivity (Wildman–Crippen MR) is 96.8 cm³/mol. The normalized spacial score (nSPS) is 13.4. The van der Waals surface area contributed by atoms with Crippen LogP contribution >= 0.6 is 11.6 Å². The van der Waals surface area contributed by atoms with Crippen molar-refractivity contribution in [1.29, 1.82) is 0 Å². The molecule has 1 aromatic carbocycles. The smallest absolute Gasteiger partial charge is 0.272 e. The molecule has 0 saturated carbocycles. The number of rotatable bonds is 5. The third-order valence-electron chi connectivity index (χ3n) is 4.44. The average molecular weight is 377 g/mol. The fourth-order valence-corrected chi connectivity index (χ4v) is 3.20. The number of benzene rings is 1. The van der Waals surface area contributed by atoms with Crippen molar-refractivity contribution >= 4 is 23.4 Å². The Morgan fingerprint density at radius 3 is 2.73 bits per heavy atom. The number of aryl methyl sites for hydroxylation is 1. The van der Waals surface area contributed by atoms with Gasteiger partial charge in [0.1, 0.15) is 6.61 Å². The summed E-state index contributed by atoms with van der Waals surface area (Å²) in [6, 6.07) is 7.29. The Morgan fingerprint density at radius 1 is 1.31 bits per heavy atom. The summed E-state index contributed by atoms with van der Waals surface area (Å²) < 4.78 is 6.65. The number of nitrogens with one attached hydrogen (secondary N) is 1. The first kappa shape index (κ1) is 18.4. The van der Waals surface area contributed by atoms with Crippen molar-refractivity contribution < 1.29 is 14.3 Å². The van der Waals surface area contributed by atoms with Gasteiger partial charge >= 0.3 is 0 Å². The molecule has 2 aromatic rings. The second-order valence-electron chi connectivity index (χ2n) is 6.20. The minimum Gasteiger partial charge on any atom is -0.375 e. The van der Waals surface area contributed by atoms with Gasteiger partial charge in [0.05, 0.1) is 0 Å². The Kier molecular flexibility index (Phi) is 5.58. The predicted octanol–water partition coefficient (Wildman–Crippen LogP) is 1.53. The standard InChI is InChI=1S/C18H21ClN4O3/c1-22-15-7-8-23(16(24)11-26-2)10-14(15)17(21-22)18(25)20-9-12-3-5-13(19)6-4-12/h3-6H,7-11H2,1-2H3,(H,20,25). The second kappa shape index (κ2) is 7.88. The van der Waals surface area contributed by atoms with E-state index in [-0.39, 0.29) is 18.4 Å². The number of halogens is 1. The fraction of sp³-hybridized carbons (Fsp3) is 0.389. The van der Waals surface area contributed by atoms with Crippen molar-refractivity contribution in [3.63, 3.8) is 0 Å². The molecule has 0 atom stereocenters. The summed E-state index contributed by atoms with van der Waals surface area (Å²) in [5.74, 6) is -0.340. The van der Waals surface area contributed by atoms with E-state index in [4.69, 9.17) is 16.3 Å². The van der Waals surface area contributed by atoms with Crippen molar-refractivity contribution in [2.75, 3.05) is 20.3 Å². The van der Waals surface area contributed by atoms with Gasteiger partial charge in [-0.05, 0) is 17.7 Å². The van der Waals surface area contributed by atoms with E-state index in [0.717, 1.165) is 16.8 Å². The zero-order valence-electron chi connectivity index (χ0n) is 14.8. The molecule has 0 bridgehead atoms. The molecule has 0 spiro atoms. The average Bonchev–Trinajstić information content (AvgIpc) is 2.97. The number of ether oxygens (including phenoxy) is 1. The molecule has 0 saturated heterocycles. The van der Waals surface area contributed by atoms with Crippen LogP contribution < -0.4 is 5.32 Å². The summed E-state index contributed by atoms with van der Waals surface area (Å²) in [4.78, 5) is 26.4. The van der Waals surface area contributed by atoms with Crippen molar-refractivity contribution in [1.82, 2.24) is 20.0 Å². The van der Waals surface area contributed by atoms with Crippen LogP contribution in [0.1, 0.15) is 27.3 Å². The van der Waals surface area contributed by atoms with Crippen LogP contribution in [-0.2, 0) is 36.1 Å². The molecule has 2 heterocycles. The molecule has 2 amide bonds. The van der Waals surface area contributed by atoms with Crippen LogP contribution in [0, 0.1) is 0 Å².